The summed E-state index contributed by atoms with van der Waals surface area (Å²) in [5.74, 6) is -2.34. The Kier molecular flexibility index (Phi) is 4.53. The highest BCUT2D eigenvalue weighted by molar-refractivity contribution is 5.76. The quantitative estimate of drug-likeness (QED) is 0.704. The summed E-state index contributed by atoms with van der Waals surface area (Å²) in [4.78, 5) is 22.7. The number of carboxylic acid groups (broad SMARTS) is 1. The number of hydrogen-bond donors (Lipinski definition) is 2. The van der Waals surface area contributed by atoms with Gasteiger partial charge in [0.25, 0.3) is 0 Å². The molecule has 3 heterocycles. The second-order valence-corrected chi connectivity index (χ2v) is 8.69. The molecule has 2 bridgehead atoms. The van der Waals surface area contributed by atoms with E-state index >= 15 is 0 Å². The van der Waals surface area contributed by atoms with E-state index in [1.807, 2.05) is 6.92 Å². The molecular weight excluding hydrogens is 356 g/mol. The van der Waals surface area contributed by atoms with Crippen LogP contribution in [0, 0.1) is 23.7 Å². The third kappa shape index (κ3) is 2.80. The van der Waals surface area contributed by atoms with Crippen molar-refractivity contribution >= 4 is 11.9 Å². The summed E-state index contributed by atoms with van der Waals surface area (Å²) in [6, 6.07) is 0. The number of rotatable bonds is 4. The Morgan fingerprint density at radius 2 is 1.93 bits per heavy atom. The van der Waals surface area contributed by atoms with Crippen LogP contribution in [-0.4, -0.2) is 52.2 Å². The van der Waals surface area contributed by atoms with Gasteiger partial charge in [0.1, 0.15) is 11.7 Å². The fraction of sp³-hybridized carbons (Fsp3) is 0.895. The van der Waals surface area contributed by atoms with Gasteiger partial charge in [0, 0.05) is 11.8 Å². The van der Waals surface area contributed by atoms with Crippen LogP contribution in [0.15, 0.2) is 0 Å². The maximum absolute atomic E-state index is 12.0. The minimum Gasteiger partial charge on any atom is -0.481 e. The van der Waals surface area contributed by atoms with Gasteiger partial charge in [-0.3, -0.25) is 9.59 Å². The summed E-state index contributed by atoms with van der Waals surface area (Å²) in [6.07, 6.45) is -0.247. The predicted octanol–water partition coefficient (Wildman–Crippen LogP) is 1.64. The van der Waals surface area contributed by atoms with Crippen molar-refractivity contribution in [3.63, 3.8) is 0 Å². The van der Waals surface area contributed by atoms with Gasteiger partial charge in [-0.1, -0.05) is 13.8 Å². The molecule has 4 rings (SSSR count). The van der Waals surface area contributed by atoms with E-state index in [9.17, 15) is 14.7 Å². The molecule has 4 fully saturated rings. The third-order valence-electron chi connectivity index (χ3n) is 7.06. The lowest BCUT2D eigenvalue weighted by atomic mass is 9.57. The number of aliphatic carboxylic acids is 1. The molecule has 1 spiro atoms. The fourth-order valence-electron chi connectivity index (χ4n) is 5.61. The first-order chi connectivity index (χ1) is 12.7. The largest absolute Gasteiger partial charge is 0.481 e. The lowest BCUT2D eigenvalue weighted by molar-refractivity contribution is -0.332. The number of carbonyl (C=O) groups excluding carboxylic acids is 1. The van der Waals surface area contributed by atoms with E-state index in [0.29, 0.717) is 12.3 Å². The fourth-order valence-corrected chi connectivity index (χ4v) is 5.61. The van der Waals surface area contributed by atoms with Gasteiger partial charge in [-0.2, -0.15) is 0 Å². The molecule has 1 saturated carbocycles. The Balaban J connectivity index is 1.58. The van der Waals surface area contributed by atoms with E-state index in [0.717, 1.165) is 12.8 Å². The maximum Gasteiger partial charge on any atom is 0.308 e. The molecule has 8 heteroatoms. The number of carbonyl (C=O) groups is 2. The maximum atomic E-state index is 12.0. The molecule has 1 aliphatic carbocycles. The summed E-state index contributed by atoms with van der Waals surface area (Å²) >= 11 is 0. The van der Waals surface area contributed by atoms with Gasteiger partial charge in [0.05, 0.1) is 12.8 Å². The van der Waals surface area contributed by atoms with E-state index in [1.54, 1.807) is 6.92 Å². The molecular formula is C19H28O8. The first-order valence-electron chi connectivity index (χ1n) is 9.80. The molecule has 4 aliphatic rings. The number of esters is 1. The van der Waals surface area contributed by atoms with Crippen molar-refractivity contribution in [2.45, 2.75) is 82.9 Å². The van der Waals surface area contributed by atoms with Crippen molar-refractivity contribution < 1.29 is 38.7 Å². The van der Waals surface area contributed by atoms with Crippen molar-refractivity contribution in [1.29, 1.82) is 0 Å². The molecule has 3 aliphatic heterocycles. The van der Waals surface area contributed by atoms with Crippen molar-refractivity contribution in [2.75, 3.05) is 0 Å². The normalized spacial score (nSPS) is 50.7. The minimum absolute atomic E-state index is 0.0732. The minimum atomic E-state index is -1.13. The van der Waals surface area contributed by atoms with E-state index in [4.69, 9.17) is 24.1 Å². The van der Waals surface area contributed by atoms with Crippen LogP contribution in [-0.2, 0) is 28.5 Å². The van der Waals surface area contributed by atoms with Crippen LogP contribution < -0.4 is 0 Å². The highest BCUT2D eigenvalue weighted by Crippen LogP contribution is 2.63. The molecule has 0 aromatic carbocycles. The van der Waals surface area contributed by atoms with Crippen LogP contribution in [0.4, 0.5) is 0 Å². The average molecular weight is 384 g/mol. The molecule has 0 aromatic heterocycles. The highest BCUT2D eigenvalue weighted by Gasteiger charge is 2.73. The van der Waals surface area contributed by atoms with Crippen LogP contribution in [0.25, 0.3) is 0 Å². The molecule has 152 valence electrons. The summed E-state index contributed by atoms with van der Waals surface area (Å²) in [6.45, 7) is 5.88. The van der Waals surface area contributed by atoms with Crippen LogP contribution in [0.3, 0.4) is 0 Å². The van der Waals surface area contributed by atoms with Gasteiger partial charge in [-0.15, -0.1) is 0 Å². The number of aliphatic hydroxyl groups is 1. The molecule has 0 aromatic rings. The predicted molar refractivity (Wildman–Crippen MR) is 90.1 cm³/mol. The summed E-state index contributed by atoms with van der Waals surface area (Å²) in [5.41, 5.74) is -0.644. The molecule has 8 nitrogen and oxygen atoms in total. The van der Waals surface area contributed by atoms with Gasteiger partial charge in [-0.25, -0.2) is 0 Å². The Morgan fingerprint density at radius 1 is 1.19 bits per heavy atom. The Labute approximate surface area is 158 Å². The Hall–Kier alpha value is -1.22. The second kappa shape index (κ2) is 6.40. The molecule has 0 radical (unpaired) electrons. The Bertz CT molecular complexity index is 637. The van der Waals surface area contributed by atoms with Gasteiger partial charge >= 0.3 is 11.9 Å². The van der Waals surface area contributed by atoms with Crippen molar-refractivity contribution in [3.05, 3.63) is 0 Å². The van der Waals surface area contributed by atoms with Crippen molar-refractivity contribution in [1.82, 2.24) is 0 Å². The van der Waals surface area contributed by atoms with Crippen LogP contribution in [0.5, 0.6) is 0 Å². The van der Waals surface area contributed by atoms with Crippen LogP contribution in [0.2, 0.25) is 0 Å². The zero-order valence-electron chi connectivity index (χ0n) is 15.9. The van der Waals surface area contributed by atoms with Crippen molar-refractivity contribution in [2.24, 2.45) is 23.7 Å². The second-order valence-electron chi connectivity index (χ2n) is 8.69. The lowest BCUT2D eigenvalue weighted by Crippen LogP contribution is -2.67. The summed E-state index contributed by atoms with van der Waals surface area (Å²) < 4.78 is 24.0. The number of ether oxygens (including phenoxy) is 4. The average Bonchev–Trinajstić information content (AvgIpc) is 2.85. The highest BCUT2D eigenvalue weighted by atomic mass is 16.9. The first-order valence-corrected chi connectivity index (χ1v) is 9.80. The summed E-state index contributed by atoms with van der Waals surface area (Å²) in [7, 11) is 0. The number of carboxylic acids is 1. The van der Waals surface area contributed by atoms with Crippen LogP contribution in [0.1, 0.15) is 52.9 Å². The molecule has 27 heavy (non-hydrogen) atoms. The lowest BCUT2D eigenvalue weighted by Gasteiger charge is -2.58. The zero-order chi connectivity index (χ0) is 19.6. The first kappa shape index (κ1) is 19.1. The Morgan fingerprint density at radius 3 is 2.63 bits per heavy atom. The monoisotopic (exact) mass is 384 g/mol. The summed E-state index contributed by atoms with van der Waals surface area (Å²) in [5, 5.41) is 19.3. The number of fused-ring (bicyclic) bond motifs is 1. The molecule has 9 atom stereocenters. The molecule has 3 saturated heterocycles. The number of aliphatic hydroxyl groups excluding tert-OH is 1. The smallest absolute Gasteiger partial charge is 0.308 e. The van der Waals surface area contributed by atoms with Gasteiger partial charge in [0.15, 0.2) is 12.1 Å². The molecule has 0 amide bonds. The molecule has 1 unspecified atom stereocenters. The van der Waals surface area contributed by atoms with E-state index in [1.165, 1.54) is 0 Å². The van der Waals surface area contributed by atoms with Gasteiger partial charge < -0.3 is 29.2 Å². The standard InChI is InChI=1S/C19H28O8/c1-9-4-5-11-10(2)16(24-15(23)7-6-14(21)22)25-17-19(11)12(9)8-13(20)18(3,26-17)27-19/h9-13,16-17,20H,4-8H2,1-3H3,(H,21,22)/t9-,10-,11+,12+,13-,16-,17-,18+,19?/m1/s1. The number of hydrogen-bond acceptors (Lipinski definition) is 7. The topological polar surface area (TPSA) is 112 Å². The molecule has 2 N–H and O–H groups in total. The zero-order valence-corrected chi connectivity index (χ0v) is 15.9. The van der Waals surface area contributed by atoms with E-state index in [2.05, 4.69) is 6.92 Å². The van der Waals surface area contributed by atoms with Crippen LogP contribution >= 0.6 is 0 Å². The third-order valence-corrected chi connectivity index (χ3v) is 7.06. The van der Waals surface area contributed by atoms with Gasteiger partial charge in [-0.05, 0) is 38.0 Å². The van der Waals surface area contributed by atoms with E-state index < -0.39 is 42.0 Å². The SMILES string of the molecule is C[C@H]1[C@H](OC(=O)CCC(=O)O)O[C@@H]2O[C@@]3(C)OC24[C@H]1CC[C@@H](C)[C@@H]4C[C@H]3O. The van der Waals surface area contributed by atoms with E-state index in [-0.39, 0.29) is 30.6 Å². The van der Waals surface area contributed by atoms with Gasteiger partial charge in [0.2, 0.25) is 6.29 Å². The van der Waals surface area contributed by atoms with Crippen molar-refractivity contribution in [3.8, 4) is 0 Å².